The lowest BCUT2D eigenvalue weighted by Crippen LogP contribution is -2.13. The number of ketones is 1. The molecule has 108 valence electrons. The Morgan fingerprint density at radius 1 is 1.55 bits per heavy atom. The van der Waals surface area contributed by atoms with Crippen LogP contribution in [0.5, 0.6) is 0 Å². The molecule has 1 aromatic heterocycles. The minimum atomic E-state index is -3.08. The van der Waals surface area contributed by atoms with Crippen LogP contribution >= 0.6 is 11.3 Å². The number of hydrogen-bond donors (Lipinski definition) is 2. The van der Waals surface area contributed by atoms with Crippen molar-refractivity contribution < 1.29 is 13.2 Å². The van der Waals surface area contributed by atoms with Gasteiger partial charge in [-0.25, -0.2) is 8.42 Å². The highest BCUT2D eigenvalue weighted by molar-refractivity contribution is 7.90. The Kier molecular flexibility index (Phi) is 4.01. The molecule has 6 nitrogen and oxygen atoms in total. The molecule has 0 unspecified atom stereocenters. The van der Waals surface area contributed by atoms with Gasteiger partial charge in [0.25, 0.3) is 0 Å². The lowest BCUT2D eigenvalue weighted by molar-refractivity contribution is 0.0972. The van der Waals surface area contributed by atoms with Crippen LogP contribution in [-0.4, -0.2) is 32.8 Å². The van der Waals surface area contributed by atoms with Gasteiger partial charge >= 0.3 is 0 Å². The van der Waals surface area contributed by atoms with E-state index in [1.807, 2.05) is 6.07 Å². The molecule has 3 N–H and O–H groups in total. The maximum atomic E-state index is 12.0. The van der Waals surface area contributed by atoms with Gasteiger partial charge in [0.2, 0.25) is 0 Å². The highest BCUT2D eigenvalue weighted by atomic mass is 32.2. The van der Waals surface area contributed by atoms with Gasteiger partial charge in [0.15, 0.2) is 5.78 Å². The van der Waals surface area contributed by atoms with Crippen molar-refractivity contribution in [2.75, 3.05) is 29.6 Å². The van der Waals surface area contributed by atoms with Crippen molar-refractivity contribution in [3.8, 4) is 6.07 Å². The predicted molar refractivity (Wildman–Crippen MR) is 78.7 cm³/mol. The molecule has 0 aromatic carbocycles. The lowest BCUT2D eigenvalue weighted by atomic mass is 10.1. The molecule has 2 rings (SSSR count). The first-order chi connectivity index (χ1) is 9.33. The summed E-state index contributed by atoms with van der Waals surface area (Å²) in [5.41, 5.74) is 6.28. The molecule has 1 aromatic rings. The fourth-order valence-corrected chi connectivity index (χ4v) is 3.33. The van der Waals surface area contributed by atoms with Crippen molar-refractivity contribution in [3.05, 3.63) is 10.4 Å². The fourth-order valence-electron chi connectivity index (χ4n) is 1.74. The number of rotatable bonds is 6. The fraction of sp³-hybridized carbons (Fsp3) is 0.500. The first-order valence-corrected chi connectivity index (χ1v) is 8.99. The third-order valence-electron chi connectivity index (χ3n) is 2.99. The van der Waals surface area contributed by atoms with Gasteiger partial charge in [0.05, 0.1) is 16.3 Å². The van der Waals surface area contributed by atoms with Gasteiger partial charge in [-0.05, 0) is 12.8 Å². The molecule has 1 aliphatic rings. The molecule has 1 saturated carbocycles. The summed E-state index contributed by atoms with van der Waals surface area (Å²) in [5, 5.41) is 12.5. The number of carbonyl (C=O) groups is 1. The Morgan fingerprint density at radius 2 is 2.20 bits per heavy atom. The summed E-state index contributed by atoms with van der Waals surface area (Å²) in [4.78, 5) is 12.4. The first-order valence-electron chi connectivity index (χ1n) is 6.11. The van der Waals surface area contributed by atoms with Crippen molar-refractivity contribution in [2.24, 2.45) is 5.92 Å². The summed E-state index contributed by atoms with van der Waals surface area (Å²) in [7, 11) is -3.08. The number of anilines is 2. The molecule has 0 aliphatic heterocycles. The van der Waals surface area contributed by atoms with E-state index in [0.29, 0.717) is 9.88 Å². The van der Waals surface area contributed by atoms with Crippen LogP contribution in [0.3, 0.4) is 0 Å². The number of carbonyl (C=O) groups excluding carboxylic acids is 1. The summed E-state index contributed by atoms with van der Waals surface area (Å²) in [6.07, 6.45) is 2.88. The van der Waals surface area contributed by atoms with Crippen molar-refractivity contribution in [1.82, 2.24) is 0 Å². The monoisotopic (exact) mass is 313 g/mol. The second-order valence-corrected chi connectivity index (χ2v) is 8.14. The van der Waals surface area contributed by atoms with Crippen molar-refractivity contribution in [3.63, 3.8) is 0 Å². The van der Waals surface area contributed by atoms with Gasteiger partial charge < -0.3 is 11.1 Å². The zero-order valence-electron chi connectivity index (χ0n) is 11.0. The average Bonchev–Trinajstić information content (AvgIpc) is 3.13. The number of Topliss-reactive ketones (excluding diaryl/α,β-unsaturated/α-hetero) is 1. The molecule has 0 saturated heterocycles. The number of nitriles is 1. The normalized spacial score (nSPS) is 14.8. The third kappa shape index (κ3) is 3.29. The molecule has 1 aliphatic carbocycles. The van der Waals surface area contributed by atoms with Gasteiger partial charge in [-0.2, -0.15) is 5.26 Å². The minimum Gasteiger partial charge on any atom is -0.396 e. The molecule has 20 heavy (non-hydrogen) atoms. The van der Waals surface area contributed by atoms with Gasteiger partial charge in [-0.3, -0.25) is 4.79 Å². The third-order valence-corrected chi connectivity index (χ3v) is 5.11. The Balaban J connectivity index is 2.18. The highest BCUT2D eigenvalue weighted by Gasteiger charge is 2.34. The smallest absolute Gasteiger partial charge is 0.178 e. The number of nitrogens with zero attached hydrogens (tertiary/aromatic N) is 1. The molecule has 1 heterocycles. The molecular weight excluding hydrogens is 298 g/mol. The topological polar surface area (TPSA) is 113 Å². The van der Waals surface area contributed by atoms with Crippen LogP contribution in [0.4, 0.5) is 10.7 Å². The highest BCUT2D eigenvalue weighted by Crippen LogP contribution is 2.41. The van der Waals surface area contributed by atoms with Crippen LogP contribution in [-0.2, 0) is 9.84 Å². The van der Waals surface area contributed by atoms with E-state index in [0.717, 1.165) is 30.4 Å². The van der Waals surface area contributed by atoms with E-state index in [9.17, 15) is 13.2 Å². The zero-order chi connectivity index (χ0) is 14.9. The van der Waals surface area contributed by atoms with Gasteiger partial charge in [0, 0.05) is 18.7 Å². The van der Waals surface area contributed by atoms with Crippen LogP contribution in [0, 0.1) is 17.2 Å². The summed E-state index contributed by atoms with van der Waals surface area (Å²) >= 11 is 1.13. The van der Waals surface area contributed by atoms with Crippen LogP contribution in [0.15, 0.2) is 0 Å². The summed E-state index contributed by atoms with van der Waals surface area (Å²) < 4.78 is 22.1. The number of hydrogen-bond acceptors (Lipinski definition) is 7. The Hall–Kier alpha value is -1.59. The zero-order valence-corrected chi connectivity index (χ0v) is 12.6. The second-order valence-electron chi connectivity index (χ2n) is 4.86. The van der Waals surface area contributed by atoms with Gasteiger partial charge in [-0.15, -0.1) is 11.3 Å². The number of nitrogens with two attached hydrogens (primary N) is 1. The quantitative estimate of drug-likeness (QED) is 0.764. The lowest BCUT2D eigenvalue weighted by Gasteiger charge is -2.02. The molecule has 0 amide bonds. The van der Waals surface area contributed by atoms with E-state index in [1.165, 1.54) is 0 Å². The van der Waals surface area contributed by atoms with E-state index in [1.54, 1.807) is 0 Å². The number of thiophene rings is 1. The van der Waals surface area contributed by atoms with Crippen molar-refractivity contribution >= 4 is 37.6 Å². The number of sulfone groups is 1. The van der Waals surface area contributed by atoms with Crippen LogP contribution in [0.2, 0.25) is 0 Å². The van der Waals surface area contributed by atoms with Crippen molar-refractivity contribution in [2.45, 2.75) is 12.8 Å². The van der Waals surface area contributed by atoms with Crippen LogP contribution in [0.1, 0.15) is 28.1 Å². The maximum absolute atomic E-state index is 12.0. The molecule has 0 bridgehead atoms. The molecule has 1 fully saturated rings. The Morgan fingerprint density at radius 3 is 2.70 bits per heavy atom. The van der Waals surface area contributed by atoms with E-state index in [2.05, 4.69) is 5.32 Å². The van der Waals surface area contributed by atoms with E-state index >= 15 is 0 Å². The van der Waals surface area contributed by atoms with Crippen LogP contribution in [0.25, 0.3) is 0 Å². The van der Waals surface area contributed by atoms with Gasteiger partial charge in [-0.1, -0.05) is 0 Å². The maximum Gasteiger partial charge on any atom is 0.178 e. The van der Waals surface area contributed by atoms with Gasteiger partial charge in [0.1, 0.15) is 26.5 Å². The minimum absolute atomic E-state index is 0.0137. The van der Waals surface area contributed by atoms with E-state index in [-0.39, 0.29) is 35.2 Å². The largest absolute Gasteiger partial charge is 0.396 e. The van der Waals surface area contributed by atoms with Crippen LogP contribution < -0.4 is 11.1 Å². The first kappa shape index (κ1) is 14.8. The van der Waals surface area contributed by atoms with E-state index in [4.69, 9.17) is 11.0 Å². The Labute approximate surface area is 121 Å². The predicted octanol–water partition coefficient (Wildman–Crippen LogP) is 1.25. The average molecular weight is 313 g/mol. The summed E-state index contributed by atoms with van der Waals surface area (Å²) in [6, 6.07) is 1.97. The molecule has 0 radical (unpaired) electrons. The standard InChI is InChI=1S/C12H15N3O3S2/c1-20(17,18)5-4-15-12-8(6-13)9(14)11(19-12)10(16)7-2-3-7/h7,15H,2-5,14H2,1H3. The molecule has 8 heteroatoms. The second kappa shape index (κ2) is 5.42. The Bertz CT molecular complexity index is 682. The molecular formula is C12H15N3O3S2. The van der Waals surface area contributed by atoms with Crippen molar-refractivity contribution in [1.29, 1.82) is 5.26 Å². The SMILES string of the molecule is CS(=O)(=O)CCNc1sc(C(=O)C2CC2)c(N)c1C#N. The van der Waals surface area contributed by atoms with E-state index < -0.39 is 9.84 Å². The molecule has 0 atom stereocenters. The number of nitrogens with one attached hydrogen (secondary N) is 1. The summed E-state index contributed by atoms with van der Waals surface area (Å²) in [5.74, 6) is -0.0202. The molecule has 0 spiro atoms. The summed E-state index contributed by atoms with van der Waals surface area (Å²) in [6.45, 7) is 0.185. The number of nitrogen functional groups attached to an aromatic ring is 1.